The average Bonchev–Trinajstić information content (AvgIpc) is 4.24. The first-order chi connectivity index (χ1) is 33.6. The van der Waals surface area contributed by atoms with E-state index in [4.69, 9.17) is 48.2 Å². The van der Waals surface area contributed by atoms with Crippen LogP contribution in [0.1, 0.15) is 0 Å². The number of rotatable bonds is 10. The number of nitrogens with two attached hydrogens (primary N) is 2. The van der Waals surface area contributed by atoms with Crippen LogP contribution in [0.25, 0.3) is 57.0 Å². The Morgan fingerprint density at radius 2 is 1.07 bits per heavy atom. The zero-order valence-corrected chi connectivity index (χ0v) is 38.4. The number of furan rings is 2. The van der Waals surface area contributed by atoms with Gasteiger partial charge in [0.25, 0.3) is 5.91 Å². The second-order valence-electron chi connectivity index (χ2n) is 16.1. The van der Waals surface area contributed by atoms with Gasteiger partial charge in [-0.3, -0.25) is 9.59 Å². The van der Waals surface area contributed by atoms with Crippen LogP contribution >= 0.6 is 23.2 Å². The number of anilines is 4. The van der Waals surface area contributed by atoms with Crippen LogP contribution in [0.4, 0.5) is 23.3 Å². The highest BCUT2D eigenvalue weighted by molar-refractivity contribution is 6.30. The molecule has 0 radical (unpaired) electrons. The van der Waals surface area contributed by atoms with E-state index in [1.165, 1.54) is 9.03 Å². The number of amides is 2. The third-order valence-electron chi connectivity index (χ3n) is 11.7. The van der Waals surface area contributed by atoms with Crippen molar-refractivity contribution in [2.75, 3.05) is 86.1 Å². The fourth-order valence-corrected chi connectivity index (χ4v) is 8.52. The molecule has 9 aromatic rings. The molecule has 19 nitrogen and oxygen atoms in total. The number of nitrogen functional groups attached to an aromatic ring is 2. The van der Waals surface area contributed by atoms with Crippen molar-refractivity contribution in [3.8, 4) is 51.4 Å². The van der Waals surface area contributed by atoms with Gasteiger partial charge in [0, 0.05) is 92.0 Å². The average molecular weight is 968 g/mol. The van der Waals surface area contributed by atoms with Crippen molar-refractivity contribution < 1.29 is 23.2 Å². The van der Waals surface area contributed by atoms with E-state index in [1.54, 1.807) is 66.0 Å². The lowest BCUT2D eigenvalue weighted by Crippen LogP contribution is -2.50. The van der Waals surface area contributed by atoms with Gasteiger partial charge in [0.1, 0.15) is 11.6 Å². The van der Waals surface area contributed by atoms with Gasteiger partial charge in [-0.2, -0.15) is 9.03 Å². The first kappa shape index (κ1) is 44.7. The maximum absolute atomic E-state index is 12.7. The van der Waals surface area contributed by atoms with Crippen LogP contribution in [-0.2, 0) is 9.59 Å². The number of carbonyl (C=O) groups excluding carboxylic acids is 2. The standard InChI is InChI=1S/C27H24ClN7O3.C21H20ClN7O2/c28-19-5-2-7-21(15-19)38-17-25(36)34-11-9-33(10-12-34)20-6-1-4-18(14-20)22-16-24-31-26(23-8-3-13-37-23)32-35(24)27(29)30-22;22-13-19(30)28-8-6-27(7-9-28)15-4-1-3-14(11-15)16-12-18-25-20(17-5-2-10-31-17)26-29(18)21(23)24-16/h1-8,13-16H,9-12,17H2,(H2,29,30);1-5,10-12H,6-9,13H2,(H2,23,24). The molecule has 0 spiro atoms. The molecule has 0 bridgehead atoms. The van der Waals surface area contributed by atoms with Crippen molar-refractivity contribution in [1.82, 2.24) is 49.0 Å². The van der Waals surface area contributed by atoms with Crippen LogP contribution in [-0.4, -0.2) is 126 Å². The van der Waals surface area contributed by atoms with E-state index in [0.29, 0.717) is 95.9 Å². The van der Waals surface area contributed by atoms with E-state index in [0.717, 1.165) is 35.6 Å². The summed E-state index contributed by atoms with van der Waals surface area (Å²) >= 11 is 11.7. The van der Waals surface area contributed by atoms with Crippen LogP contribution in [0.2, 0.25) is 5.02 Å². The smallest absolute Gasteiger partial charge is 0.260 e. The Balaban J connectivity index is 0.000000164. The molecule has 0 atom stereocenters. The van der Waals surface area contributed by atoms with E-state index in [-0.39, 0.29) is 36.2 Å². The molecule has 69 heavy (non-hydrogen) atoms. The van der Waals surface area contributed by atoms with E-state index >= 15 is 0 Å². The second-order valence-corrected chi connectivity index (χ2v) is 16.8. The van der Waals surface area contributed by atoms with Gasteiger partial charge >= 0.3 is 0 Å². The number of carbonyl (C=O) groups is 2. The number of nitrogens with zero attached hydrogens (tertiary/aromatic N) is 12. The summed E-state index contributed by atoms with van der Waals surface area (Å²) in [4.78, 5) is 50.7. The molecule has 21 heteroatoms. The van der Waals surface area contributed by atoms with Crippen LogP contribution in [0.5, 0.6) is 5.75 Å². The number of ether oxygens (including phenoxy) is 1. The molecule has 0 aliphatic carbocycles. The van der Waals surface area contributed by atoms with Crippen molar-refractivity contribution >= 4 is 69.6 Å². The number of hydrogen-bond donors (Lipinski definition) is 2. The maximum atomic E-state index is 12.7. The van der Waals surface area contributed by atoms with Crippen LogP contribution < -0.4 is 26.0 Å². The number of hydrogen-bond acceptors (Lipinski definition) is 15. The van der Waals surface area contributed by atoms with Gasteiger partial charge in [0.05, 0.1) is 23.9 Å². The fraction of sp³-hybridized carbons (Fsp3) is 0.208. The largest absolute Gasteiger partial charge is 0.484 e. The normalized spacial score (nSPS) is 14.0. The lowest BCUT2D eigenvalue weighted by atomic mass is 10.1. The molecule has 2 saturated heterocycles. The van der Waals surface area contributed by atoms with Gasteiger partial charge in [-0.05, 0) is 66.7 Å². The van der Waals surface area contributed by atoms with Crippen molar-refractivity contribution in [3.05, 3.63) is 127 Å². The van der Waals surface area contributed by atoms with Crippen LogP contribution in [0, 0.1) is 0 Å². The summed E-state index contributed by atoms with van der Waals surface area (Å²) in [5.74, 6) is 3.04. The molecule has 6 aromatic heterocycles. The predicted octanol–water partition coefficient (Wildman–Crippen LogP) is 6.54. The third kappa shape index (κ3) is 9.81. The Labute approximate surface area is 404 Å². The van der Waals surface area contributed by atoms with Crippen LogP contribution in [0.15, 0.2) is 131 Å². The molecular weight excluding hydrogens is 924 g/mol. The summed E-state index contributed by atoms with van der Waals surface area (Å²) in [5.41, 5.74) is 18.9. The van der Waals surface area contributed by atoms with Gasteiger partial charge < -0.3 is 44.6 Å². The maximum Gasteiger partial charge on any atom is 0.260 e. The molecule has 8 heterocycles. The molecule has 350 valence electrons. The summed E-state index contributed by atoms with van der Waals surface area (Å²) in [6.45, 7) is 5.41. The summed E-state index contributed by atoms with van der Waals surface area (Å²) in [5, 5.41) is 9.36. The number of aromatic nitrogens is 8. The predicted molar refractivity (Wildman–Crippen MR) is 262 cm³/mol. The Hall–Kier alpha value is -8.16. The molecule has 3 aromatic carbocycles. The molecular formula is C48H44Cl2N14O5. The SMILES string of the molecule is Nc1nc(-c2cccc(N3CCN(C(=O)CCl)CC3)c2)cc2nc(-c3ccco3)nn12.Nc1nc(-c2cccc(N3CCN(C(=O)COc4cccc(Cl)c4)CC3)c2)cc2nc(-c3ccco3)nn12. The highest BCUT2D eigenvalue weighted by Gasteiger charge is 2.24. The minimum Gasteiger partial charge on any atom is -0.484 e. The van der Waals surface area contributed by atoms with Crippen molar-refractivity contribution in [2.45, 2.75) is 0 Å². The Morgan fingerprint density at radius 3 is 1.54 bits per heavy atom. The zero-order chi connectivity index (χ0) is 47.4. The summed E-state index contributed by atoms with van der Waals surface area (Å²) in [6, 6.07) is 34.1. The zero-order valence-electron chi connectivity index (χ0n) is 36.9. The fourth-order valence-electron chi connectivity index (χ4n) is 8.17. The minimum absolute atomic E-state index is 0.0182. The van der Waals surface area contributed by atoms with E-state index in [2.05, 4.69) is 64.2 Å². The van der Waals surface area contributed by atoms with E-state index in [9.17, 15) is 9.59 Å². The number of alkyl halides is 1. The number of halogens is 2. The lowest BCUT2D eigenvalue weighted by Gasteiger charge is -2.36. The molecule has 0 saturated carbocycles. The monoisotopic (exact) mass is 966 g/mol. The Kier molecular flexibility index (Phi) is 12.7. The molecule has 2 amide bonds. The number of piperazine rings is 2. The quantitative estimate of drug-likeness (QED) is 0.139. The third-order valence-corrected chi connectivity index (χ3v) is 12.2. The molecule has 11 rings (SSSR count). The van der Waals surface area contributed by atoms with Gasteiger partial charge in [-0.25, -0.2) is 19.9 Å². The minimum atomic E-state index is -0.0476. The van der Waals surface area contributed by atoms with Gasteiger partial charge in [-0.1, -0.05) is 41.9 Å². The Morgan fingerprint density at radius 1 is 0.580 bits per heavy atom. The van der Waals surface area contributed by atoms with Crippen molar-refractivity contribution in [3.63, 3.8) is 0 Å². The molecule has 0 unspecified atom stereocenters. The van der Waals surface area contributed by atoms with Gasteiger partial charge in [-0.15, -0.1) is 21.8 Å². The van der Waals surface area contributed by atoms with Crippen molar-refractivity contribution in [1.29, 1.82) is 0 Å². The van der Waals surface area contributed by atoms with Gasteiger partial charge in [0.15, 0.2) is 29.4 Å². The topological polar surface area (TPSA) is 221 Å². The van der Waals surface area contributed by atoms with Crippen LogP contribution in [0.3, 0.4) is 0 Å². The lowest BCUT2D eigenvalue weighted by molar-refractivity contribution is -0.133. The van der Waals surface area contributed by atoms with Gasteiger partial charge in [0.2, 0.25) is 29.5 Å². The van der Waals surface area contributed by atoms with E-state index in [1.807, 2.05) is 41.3 Å². The highest BCUT2D eigenvalue weighted by atomic mass is 35.5. The summed E-state index contributed by atoms with van der Waals surface area (Å²) < 4.78 is 19.4. The number of benzene rings is 3. The molecule has 2 aliphatic heterocycles. The van der Waals surface area contributed by atoms with E-state index < -0.39 is 0 Å². The molecule has 2 aliphatic rings. The Bertz CT molecular complexity index is 3250. The summed E-state index contributed by atoms with van der Waals surface area (Å²) in [6.07, 6.45) is 3.15. The summed E-state index contributed by atoms with van der Waals surface area (Å²) in [7, 11) is 0. The first-order valence-electron chi connectivity index (χ1n) is 22.0. The second kappa shape index (κ2) is 19.6. The van der Waals surface area contributed by atoms with Crippen molar-refractivity contribution in [2.24, 2.45) is 0 Å². The molecule has 2 fully saturated rings. The highest BCUT2D eigenvalue weighted by Crippen LogP contribution is 2.29. The number of fused-ring (bicyclic) bond motifs is 2. The molecule has 4 N–H and O–H groups in total. The first-order valence-corrected chi connectivity index (χ1v) is 22.9.